The Morgan fingerprint density at radius 2 is 1.95 bits per heavy atom. The van der Waals surface area contributed by atoms with Crippen LogP contribution in [-0.2, 0) is 4.79 Å². The molecular formula is C16H17N5O. The number of nitrogens with one attached hydrogen (secondary N) is 1. The first kappa shape index (κ1) is 13.2. The summed E-state index contributed by atoms with van der Waals surface area (Å²) in [5.41, 5.74) is 0.762. The van der Waals surface area contributed by atoms with E-state index in [2.05, 4.69) is 25.2 Å². The molecule has 0 spiro atoms. The SMILES string of the molecule is O=C(CC1[C@H]2CN(c3ncccn3)C[C@@H]12)Nc1cccnc1. The molecule has 3 heterocycles. The summed E-state index contributed by atoms with van der Waals surface area (Å²) in [6, 6.07) is 5.50. The van der Waals surface area contributed by atoms with Gasteiger partial charge in [-0.2, -0.15) is 0 Å². The van der Waals surface area contributed by atoms with Gasteiger partial charge in [0, 0.05) is 38.1 Å². The van der Waals surface area contributed by atoms with Crippen LogP contribution in [0, 0.1) is 17.8 Å². The topological polar surface area (TPSA) is 71.0 Å². The van der Waals surface area contributed by atoms with E-state index in [-0.39, 0.29) is 5.91 Å². The summed E-state index contributed by atoms with van der Waals surface area (Å²) < 4.78 is 0. The first-order chi connectivity index (χ1) is 10.8. The fourth-order valence-electron chi connectivity index (χ4n) is 3.43. The number of hydrogen-bond donors (Lipinski definition) is 1. The zero-order chi connectivity index (χ0) is 14.9. The summed E-state index contributed by atoms with van der Waals surface area (Å²) >= 11 is 0. The average Bonchev–Trinajstić information content (AvgIpc) is 2.99. The number of rotatable bonds is 4. The van der Waals surface area contributed by atoms with Crippen molar-refractivity contribution < 1.29 is 4.79 Å². The normalized spacial score (nSPS) is 25.6. The van der Waals surface area contributed by atoms with Crippen LogP contribution in [0.2, 0.25) is 0 Å². The molecule has 2 aromatic rings. The number of pyridine rings is 1. The number of anilines is 2. The standard InChI is InChI=1S/C16H17N5O/c22-15(20-11-3-1-4-17-8-11)7-12-13-9-21(10-14(12)13)16-18-5-2-6-19-16/h1-6,8,12-14H,7,9-10H2,(H,20,22)/t12?,13-,14+. The van der Waals surface area contributed by atoms with E-state index in [9.17, 15) is 4.79 Å². The summed E-state index contributed by atoms with van der Waals surface area (Å²) in [6.45, 7) is 1.92. The molecule has 112 valence electrons. The Labute approximate surface area is 128 Å². The van der Waals surface area contributed by atoms with Crippen molar-refractivity contribution in [2.45, 2.75) is 6.42 Å². The number of fused-ring (bicyclic) bond motifs is 1. The number of carbonyl (C=O) groups is 1. The fraction of sp³-hybridized carbons (Fsp3) is 0.375. The Bertz CT molecular complexity index is 651. The minimum Gasteiger partial charge on any atom is -0.340 e. The average molecular weight is 295 g/mol. The van der Waals surface area contributed by atoms with E-state index in [1.54, 1.807) is 24.8 Å². The zero-order valence-corrected chi connectivity index (χ0v) is 12.1. The van der Waals surface area contributed by atoms with E-state index < -0.39 is 0 Å². The molecule has 2 aromatic heterocycles. The second-order valence-electron chi connectivity index (χ2n) is 5.94. The summed E-state index contributed by atoms with van der Waals surface area (Å²) in [6.07, 6.45) is 7.49. The number of piperidine rings is 1. The van der Waals surface area contributed by atoms with E-state index in [0.29, 0.717) is 24.2 Å². The second kappa shape index (κ2) is 5.36. The molecule has 0 bridgehead atoms. The van der Waals surface area contributed by atoms with Gasteiger partial charge in [0.25, 0.3) is 0 Å². The lowest BCUT2D eigenvalue weighted by Crippen LogP contribution is -2.26. The fourth-order valence-corrected chi connectivity index (χ4v) is 3.43. The Morgan fingerprint density at radius 1 is 1.18 bits per heavy atom. The van der Waals surface area contributed by atoms with Crippen LogP contribution < -0.4 is 10.2 Å². The van der Waals surface area contributed by atoms with Crippen molar-refractivity contribution in [2.24, 2.45) is 17.8 Å². The van der Waals surface area contributed by atoms with Crippen LogP contribution >= 0.6 is 0 Å². The highest BCUT2D eigenvalue weighted by atomic mass is 16.1. The van der Waals surface area contributed by atoms with Crippen LogP contribution in [-0.4, -0.2) is 33.9 Å². The monoisotopic (exact) mass is 295 g/mol. The third-order valence-corrected chi connectivity index (χ3v) is 4.57. The molecule has 3 atom stereocenters. The van der Waals surface area contributed by atoms with Gasteiger partial charge in [-0.15, -0.1) is 0 Å². The summed E-state index contributed by atoms with van der Waals surface area (Å²) in [5.74, 6) is 2.58. The third kappa shape index (κ3) is 2.52. The number of nitrogens with zero attached hydrogens (tertiary/aromatic N) is 4. The maximum Gasteiger partial charge on any atom is 0.225 e. The van der Waals surface area contributed by atoms with Gasteiger partial charge in [-0.05, 0) is 36.0 Å². The molecule has 6 heteroatoms. The van der Waals surface area contributed by atoms with Gasteiger partial charge in [0.15, 0.2) is 0 Å². The van der Waals surface area contributed by atoms with Crippen LogP contribution in [0.4, 0.5) is 11.6 Å². The molecule has 1 unspecified atom stereocenters. The molecule has 2 aliphatic rings. The van der Waals surface area contributed by atoms with E-state index in [4.69, 9.17) is 0 Å². The quantitative estimate of drug-likeness (QED) is 0.927. The summed E-state index contributed by atoms with van der Waals surface area (Å²) in [7, 11) is 0. The van der Waals surface area contributed by atoms with Crippen LogP contribution in [0.5, 0.6) is 0 Å². The highest BCUT2D eigenvalue weighted by Gasteiger charge is 2.56. The van der Waals surface area contributed by atoms with Gasteiger partial charge in [-0.25, -0.2) is 9.97 Å². The first-order valence-corrected chi connectivity index (χ1v) is 7.53. The molecule has 1 aliphatic heterocycles. The van der Waals surface area contributed by atoms with E-state index in [1.807, 2.05) is 18.2 Å². The maximum absolute atomic E-state index is 12.1. The lowest BCUT2D eigenvalue weighted by Gasteiger charge is -2.19. The van der Waals surface area contributed by atoms with E-state index in [1.165, 1.54) is 0 Å². The molecule has 1 saturated heterocycles. The molecule has 1 amide bonds. The van der Waals surface area contributed by atoms with Gasteiger partial charge in [0.1, 0.15) is 0 Å². The highest BCUT2D eigenvalue weighted by Crippen LogP contribution is 2.53. The lowest BCUT2D eigenvalue weighted by atomic mass is 10.2. The predicted octanol–water partition coefficient (Wildman–Crippen LogP) is 1.58. The number of aromatic nitrogens is 3. The Balaban J connectivity index is 1.29. The van der Waals surface area contributed by atoms with Gasteiger partial charge in [0.05, 0.1) is 11.9 Å². The number of amides is 1. The van der Waals surface area contributed by atoms with Crippen LogP contribution in [0.25, 0.3) is 0 Å². The molecule has 22 heavy (non-hydrogen) atoms. The molecule has 0 aromatic carbocycles. The Morgan fingerprint density at radius 3 is 2.64 bits per heavy atom. The molecule has 1 N–H and O–H groups in total. The van der Waals surface area contributed by atoms with Crippen molar-refractivity contribution in [1.82, 2.24) is 15.0 Å². The molecule has 6 nitrogen and oxygen atoms in total. The summed E-state index contributed by atoms with van der Waals surface area (Å²) in [4.78, 5) is 26.9. The van der Waals surface area contributed by atoms with Crippen molar-refractivity contribution in [3.63, 3.8) is 0 Å². The van der Waals surface area contributed by atoms with Crippen molar-refractivity contribution in [1.29, 1.82) is 0 Å². The lowest BCUT2D eigenvalue weighted by molar-refractivity contribution is -0.116. The minimum atomic E-state index is 0.0786. The molecule has 4 rings (SSSR count). The molecule has 1 saturated carbocycles. The smallest absolute Gasteiger partial charge is 0.225 e. The van der Waals surface area contributed by atoms with Crippen molar-refractivity contribution in [3.8, 4) is 0 Å². The van der Waals surface area contributed by atoms with Crippen LogP contribution in [0.15, 0.2) is 43.0 Å². The van der Waals surface area contributed by atoms with Gasteiger partial charge >= 0.3 is 0 Å². The number of carbonyl (C=O) groups excluding carboxylic acids is 1. The zero-order valence-electron chi connectivity index (χ0n) is 12.1. The molecule has 0 radical (unpaired) electrons. The molecular weight excluding hydrogens is 278 g/mol. The van der Waals surface area contributed by atoms with Crippen LogP contribution in [0.3, 0.4) is 0 Å². The maximum atomic E-state index is 12.1. The van der Waals surface area contributed by atoms with Gasteiger partial charge in [-0.3, -0.25) is 9.78 Å². The first-order valence-electron chi connectivity index (χ1n) is 7.53. The predicted molar refractivity (Wildman–Crippen MR) is 82.2 cm³/mol. The van der Waals surface area contributed by atoms with Gasteiger partial charge in [0.2, 0.25) is 11.9 Å². The Kier molecular flexibility index (Phi) is 3.21. The highest BCUT2D eigenvalue weighted by molar-refractivity contribution is 5.90. The largest absolute Gasteiger partial charge is 0.340 e. The third-order valence-electron chi connectivity index (χ3n) is 4.57. The van der Waals surface area contributed by atoms with Gasteiger partial charge < -0.3 is 10.2 Å². The Hall–Kier alpha value is -2.50. The van der Waals surface area contributed by atoms with E-state index in [0.717, 1.165) is 24.7 Å². The van der Waals surface area contributed by atoms with Gasteiger partial charge in [-0.1, -0.05) is 0 Å². The molecule has 2 fully saturated rings. The van der Waals surface area contributed by atoms with Crippen LogP contribution in [0.1, 0.15) is 6.42 Å². The van der Waals surface area contributed by atoms with Crippen molar-refractivity contribution in [3.05, 3.63) is 43.0 Å². The number of hydrogen-bond acceptors (Lipinski definition) is 5. The molecule has 1 aliphatic carbocycles. The summed E-state index contributed by atoms with van der Waals surface area (Å²) in [5, 5.41) is 2.91. The minimum absolute atomic E-state index is 0.0786. The van der Waals surface area contributed by atoms with Crippen molar-refractivity contribution >= 4 is 17.5 Å². The van der Waals surface area contributed by atoms with E-state index >= 15 is 0 Å². The van der Waals surface area contributed by atoms with Crippen molar-refractivity contribution in [2.75, 3.05) is 23.3 Å². The second-order valence-corrected chi connectivity index (χ2v) is 5.94.